The van der Waals surface area contributed by atoms with Crippen LogP contribution in [0.15, 0.2) is 65.6 Å². The van der Waals surface area contributed by atoms with Crippen LogP contribution in [0, 0.1) is 0 Å². The lowest BCUT2D eigenvalue weighted by Crippen LogP contribution is -2.24. The number of ether oxygens (including phenoxy) is 1. The van der Waals surface area contributed by atoms with Gasteiger partial charge in [0.25, 0.3) is 5.91 Å². The Balaban J connectivity index is 1.81. The van der Waals surface area contributed by atoms with Gasteiger partial charge in [-0.15, -0.1) is 0 Å². The zero-order valence-corrected chi connectivity index (χ0v) is 13.2. The Kier molecular flexibility index (Phi) is 4.47. The Morgan fingerprint density at radius 3 is 2.50 bits per heavy atom. The molecule has 122 valence electrons. The number of carbonyl (C=O) groups is 1. The Labute approximate surface area is 138 Å². The van der Waals surface area contributed by atoms with E-state index in [1.807, 2.05) is 30.3 Å². The summed E-state index contributed by atoms with van der Waals surface area (Å²) in [4.78, 5) is 27.0. The minimum Gasteiger partial charge on any atom is -0.497 e. The van der Waals surface area contributed by atoms with E-state index in [9.17, 15) is 9.59 Å². The number of carbonyl (C=O) groups excluding carboxylic acids is 1. The zero-order chi connectivity index (χ0) is 16.9. The van der Waals surface area contributed by atoms with Crippen LogP contribution in [0.2, 0.25) is 0 Å². The Morgan fingerprint density at radius 2 is 1.83 bits per heavy atom. The molecular weight excluding hydrogens is 306 g/mol. The Morgan fingerprint density at radius 1 is 1.12 bits per heavy atom. The van der Waals surface area contributed by atoms with Crippen molar-refractivity contribution in [3.8, 4) is 5.75 Å². The summed E-state index contributed by atoms with van der Waals surface area (Å²) in [6, 6.07) is 16.5. The van der Waals surface area contributed by atoms with Gasteiger partial charge < -0.3 is 15.0 Å². The predicted octanol–water partition coefficient (Wildman–Crippen LogP) is 2.49. The molecule has 0 saturated heterocycles. The molecule has 6 heteroatoms. The van der Waals surface area contributed by atoms with Crippen molar-refractivity contribution in [2.24, 2.45) is 0 Å². The molecule has 1 heterocycles. The van der Waals surface area contributed by atoms with E-state index in [0.29, 0.717) is 18.0 Å². The van der Waals surface area contributed by atoms with Crippen LogP contribution in [0.3, 0.4) is 0 Å². The molecule has 24 heavy (non-hydrogen) atoms. The molecule has 0 radical (unpaired) electrons. The molecule has 0 unspecified atom stereocenters. The van der Waals surface area contributed by atoms with Crippen LogP contribution in [0.4, 0.5) is 5.69 Å². The molecule has 0 spiro atoms. The second kappa shape index (κ2) is 6.87. The molecule has 0 aliphatic heterocycles. The van der Waals surface area contributed by atoms with Crippen LogP contribution >= 0.6 is 0 Å². The van der Waals surface area contributed by atoms with Crippen molar-refractivity contribution >= 4 is 11.6 Å². The average Bonchev–Trinajstić information content (AvgIpc) is 2.97. The fourth-order valence-corrected chi connectivity index (χ4v) is 2.38. The SMILES string of the molecule is COc1ccc(NC(=O)c2c[nH]c(=O)n2Cc2ccccc2)cc1. The molecule has 3 rings (SSSR count). The lowest BCUT2D eigenvalue weighted by atomic mass is 10.2. The van der Waals surface area contributed by atoms with Crippen molar-refractivity contribution in [1.82, 2.24) is 9.55 Å². The van der Waals surface area contributed by atoms with Crippen LogP contribution in [0.1, 0.15) is 16.1 Å². The van der Waals surface area contributed by atoms with Gasteiger partial charge in [0, 0.05) is 11.9 Å². The molecular formula is C18H17N3O3. The number of anilines is 1. The lowest BCUT2D eigenvalue weighted by molar-refractivity contribution is 0.101. The summed E-state index contributed by atoms with van der Waals surface area (Å²) >= 11 is 0. The van der Waals surface area contributed by atoms with E-state index in [4.69, 9.17) is 4.74 Å². The minimum atomic E-state index is -0.352. The minimum absolute atomic E-state index is 0.277. The number of amides is 1. The van der Waals surface area contributed by atoms with Crippen LogP contribution < -0.4 is 15.7 Å². The maximum absolute atomic E-state index is 12.5. The second-order valence-electron chi connectivity index (χ2n) is 5.23. The summed E-state index contributed by atoms with van der Waals surface area (Å²) < 4.78 is 6.50. The molecule has 0 saturated carbocycles. The highest BCUT2D eigenvalue weighted by Crippen LogP contribution is 2.16. The summed E-state index contributed by atoms with van der Waals surface area (Å²) in [5, 5.41) is 2.77. The first-order valence-corrected chi connectivity index (χ1v) is 7.45. The first-order valence-electron chi connectivity index (χ1n) is 7.45. The fraction of sp³-hybridized carbons (Fsp3) is 0.111. The smallest absolute Gasteiger partial charge is 0.326 e. The molecule has 2 N–H and O–H groups in total. The van der Waals surface area contributed by atoms with Crippen LogP contribution in [0.25, 0.3) is 0 Å². The summed E-state index contributed by atoms with van der Waals surface area (Å²) in [5.74, 6) is 0.352. The van der Waals surface area contributed by atoms with Crippen molar-refractivity contribution in [2.45, 2.75) is 6.54 Å². The number of aromatic nitrogens is 2. The number of hydrogen-bond acceptors (Lipinski definition) is 3. The van der Waals surface area contributed by atoms with Crippen molar-refractivity contribution in [3.05, 3.63) is 82.5 Å². The van der Waals surface area contributed by atoms with Crippen LogP contribution in [0.5, 0.6) is 5.75 Å². The number of nitrogens with zero attached hydrogens (tertiary/aromatic N) is 1. The quantitative estimate of drug-likeness (QED) is 0.757. The van der Waals surface area contributed by atoms with Gasteiger partial charge >= 0.3 is 5.69 Å². The lowest BCUT2D eigenvalue weighted by Gasteiger charge is -2.09. The van der Waals surface area contributed by atoms with Gasteiger partial charge in [-0.2, -0.15) is 0 Å². The molecule has 2 aromatic carbocycles. The standard InChI is InChI=1S/C18H17N3O3/c1-24-15-9-7-14(8-10-15)20-17(22)16-11-19-18(23)21(16)12-13-5-3-2-4-6-13/h2-11H,12H2,1H3,(H,19,23)(H,20,22). The third-order valence-electron chi connectivity index (χ3n) is 3.63. The van der Waals surface area contributed by atoms with Gasteiger partial charge in [0.2, 0.25) is 0 Å². The molecule has 3 aromatic rings. The maximum Gasteiger partial charge on any atom is 0.326 e. The monoisotopic (exact) mass is 323 g/mol. The average molecular weight is 323 g/mol. The Hall–Kier alpha value is -3.28. The number of methoxy groups -OCH3 is 1. The van der Waals surface area contributed by atoms with E-state index < -0.39 is 0 Å². The van der Waals surface area contributed by atoms with Gasteiger partial charge in [0.1, 0.15) is 11.4 Å². The van der Waals surface area contributed by atoms with Gasteiger partial charge in [0.15, 0.2) is 0 Å². The molecule has 0 aliphatic carbocycles. The zero-order valence-electron chi connectivity index (χ0n) is 13.2. The molecule has 0 bridgehead atoms. The highest BCUT2D eigenvalue weighted by Gasteiger charge is 2.15. The molecule has 1 aromatic heterocycles. The number of aromatic amines is 1. The normalized spacial score (nSPS) is 10.4. The molecule has 0 atom stereocenters. The molecule has 0 fully saturated rings. The van der Waals surface area contributed by atoms with Gasteiger partial charge in [-0.25, -0.2) is 4.79 Å². The maximum atomic E-state index is 12.5. The summed E-state index contributed by atoms with van der Waals surface area (Å²) in [6.45, 7) is 0.328. The van der Waals surface area contributed by atoms with E-state index in [1.165, 1.54) is 10.8 Å². The van der Waals surface area contributed by atoms with Crippen molar-refractivity contribution in [2.75, 3.05) is 12.4 Å². The number of H-pyrrole nitrogens is 1. The third kappa shape index (κ3) is 3.38. The van der Waals surface area contributed by atoms with Gasteiger partial charge in [-0.05, 0) is 29.8 Å². The van der Waals surface area contributed by atoms with E-state index in [1.54, 1.807) is 31.4 Å². The Bertz CT molecular complexity index is 880. The fourth-order valence-electron chi connectivity index (χ4n) is 2.38. The topological polar surface area (TPSA) is 76.1 Å². The number of imidazole rings is 1. The second-order valence-corrected chi connectivity index (χ2v) is 5.23. The molecule has 1 amide bonds. The van der Waals surface area contributed by atoms with Crippen molar-refractivity contribution in [3.63, 3.8) is 0 Å². The van der Waals surface area contributed by atoms with Gasteiger partial charge in [-0.1, -0.05) is 30.3 Å². The van der Waals surface area contributed by atoms with E-state index in [-0.39, 0.29) is 17.3 Å². The van der Waals surface area contributed by atoms with Crippen LogP contribution in [-0.2, 0) is 6.54 Å². The predicted molar refractivity (Wildman–Crippen MR) is 91.5 cm³/mol. The van der Waals surface area contributed by atoms with Crippen LogP contribution in [-0.4, -0.2) is 22.6 Å². The van der Waals surface area contributed by atoms with E-state index in [0.717, 1.165) is 5.56 Å². The number of benzene rings is 2. The summed E-state index contributed by atoms with van der Waals surface area (Å²) in [7, 11) is 1.58. The number of nitrogens with one attached hydrogen (secondary N) is 2. The van der Waals surface area contributed by atoms with Crippen molar-refractivity contribution < 1.29 is 9.53 Å². The molecule has 6 nitrogen and oxygen atoms in total. The first kappa shape index (κ1) is 15.6. The summed E-state index contributed by atoms with van der Waals surface area (Å²) in [6.07, 6.45) is 1.42. The summed E-state index contributed by atoms with van der Waals surface area (Å²) in [5.41, 5.74) is 1.52. The first-order chi connectivity index (χ1) is 11.7. The number of rotatable bonds is 5. The van der Waals surface area contributed by atoms with Gasteiger partial charge in [-0.3, -0.25) is 9.36 Å². The largest absolute Gasteiger partial charge is 0.497 e. The van der Waals surface area contributed by atoms with E-state index >= 15 is 0 Å². The van der Waals surface area contributed by atoms with E-state index in [2.05, 4.69) is 10.3 Å². The third-order valence-corrected chi connectivity index (χ3v) is 3.63. The highest BCUT2D eigenvalue weighted by atomic mass is 16.5. The molecule has 0 aliphatic rings. The highest BCUT2D eigenvalue weighted by molar-refractivity contribution is 6.03. The van der Waals surface area contributed by atoms with Crippen molar-refractivity contribution in [1.29, 1.82) is 0 Å². The number of hydrogen-bond donors (Lipinski definition) is 2. The van der Waals surface area contributed by atoms with Gasteiger partial charge in [0.05, 0.1) is 13.7 Å².